The Hall–Kier alpha value is -1.68. The Labute approximate surface area is 120 Å². The van der Waals surface area contributed by atoms with Crippen molar-refractivity contribution in [2.45, 2.75) is 12.1 Å². The minimum absolute atomic E-state index is 0.0177. The SMILES string of the molecule is CN([C@H](CO)c1ccccc1)[C@@H](CO)c1ccccc1. The number of benzene rings is 2. The van der Waals surface area contributed by atoms with E-state index in [1.54, 1.807) is 0 Å². The Morgan fingerprint density at radius 3 is 1.40 bits per heavy atom. The number of hydrogen-bond donors (Lipinski definition) is 2. The van der Waals surface area contributed by atoms with Crippen LogP contribution >= 0.6 is 0 Å². The molecule has 3 nitrogen and oxygen atoms in total. The van der Waals surface area contributed by atoms with Crippen molar-refractivity contribution in [3.8, 4) is 0 Å². The predicted molar refractivity (Wildman–Crippen MR) is 80.3 cm³/mol. The summed E-state index contributed by atoms with van der Waals surface area (Å²) in [6, 6.07) is 19.5. The highest BCUT2D eigenvalue weighted by Gasteiger charge is 2.24. The molecule has 0 aliphatic heterocycles. The van der Waals surface area contributed by atoms with Crippen molar-refractivity contribution in [3.63, 3.8) is 0 Å². The molecule has 2 aromatic rings. The molecule has 0 unspecified atom stereocenters. The molecular weight excluding hydrogens is 250 g/mol. The molecule has 20 heavy (non-hydrogen) atoms. The second-order valence-corrected chi connectivity index (χ2v) is 4.88. The smallest absolute Gasteiger partial charge is 0.0628 e. The summed E-state index contributed by atoms with van der Waals surface area (Å²) in [4.78, 5) is 2.02. The van der Waals surface area contributed by atoms with Crippen molar-refractivity contribution in [1.29, 1.82) is 0 Å². The van der Waals surface area contributed by atoms with Crippen LogP contribution < -0.4 is 0 Å². The summed E-state index contributed by atoms with van der Waals surface area (Å²) in [6.45, 7) is 0.0354. The van der Waals surface area contributed by atoms with Crippen LogP contribution in [0, 0.1) is 0 Å². The maximum atomic E-state index is 9.72. The molecule has 2 aromatic carbocycles. The number of likely N-dealkylation sites (N-methyl/N-ethyl adjacent to an activating group) is 1. The van der Waals surface area contributed by atoms with Gasteiger partial charge in [-0.2, -0.15) is 0 Å². The molecule has 0 saturated heterocycles. The van der Waals surface area contributed by atoms with E-state index in [4.69, 9.17) is 0 Å². The topological polar surface area (TPSA) is 43.7 Å². The lowest BCUT2D eigenvalue weighted by Crippen LogP contribution is -2.33. The average Bonchev–Trinajstić information content (AvgIpc) is 2.51. The maximum Gasteiger partial charge on any atom is 0.0628 e. The van der Waals surface area contributed by atoms with Crippen LogP contribution in [0.2, 0.25) is 0 Å². The summed E-state index contributed by atoms with van der Waals surface area (Å²) >= 11 is 0. The minimum atomic E-state index is -0.131. The molecule has 2 atom stereocenters. The quantitative estimate of drug-likeness (QED) is 0.848. The molecule has 0 aliphatic rings. The predicted octanol–water partition coefficient (Wildman–Crippen LogP) is 2.39. The Bertz CT molecular complexity index is 453. The van der Waals surface area contributed by atoms with E-state index in [-0.39, 0.29) is 25.3 Å². The van der Waals surface area contributed by atoms with E-state index in [2.05, 4.69) is 0 Å². The van der Waals surface area contributed by atoms with E-state index in [9.17, 15) is 10.2 Å². The Balaban J connectivity index is 2.25. The molecule has 0 fully saturated rings. The second-order valence-electron chi connectivity index (χ2n) is 4.88. The van der Waals surface area contributed by atoms with Gasteiger partial charge in [0.1, 0.15) is 0 Å². The van der Waals surface area contributed by atoms with Gasteiger partial charge in [-0.25, -0.2) is 0 Å². The lowest BCUT2D eigenvalue weighted by molar-refractivity contribution is 0.0735. The first-order valence-corrected chi connectivity index (χ1v) is 6.81. The van der Waals surface area contributed by atoms with Crippen LogP contribution in [0.25, 0.3) is 0 Å². The fraction of sp³-hybridized carbons (Fsp3) is 0.294. The van der Waals surface area contributed by atoms with E-state index >= 15 is 0 Å². The normalized spacial score (nSPS) is 14.2. The highest BCUT2D eigenvalue weighted by atomic mass is 16.3. The van der Waals surface area contributed by atoms with Crippen LogP contribution in [-0.2, 0) is 0 Å². The molecule has 0 radical (unpaired) electrons. The fourth-order valence-electron chi connectivity index (χ4n) is 2.51. The van der Waals surface area contributed by atoms with E-state index in [0.29, 0.717) is 0 Å². The van der Waals surface area contributed by atoms with Gasteiger partial charge in [0.25, 0.3) is 0 Å². The number of rotatable bonds is 6. The summed E-state index contributed by atoms with van der Waals surface area (Å²) in [6.07, 6.45) is 0. The average molecular weight is 271 g/mol. The zero-order chi connectivity index (χ0) is 14.4. The first-order valence-electron chi connectivity index (χ1n) is 6.81. The van der Waals surface area contributed by atoms with E-state index in [1.165, 1.54) is 0 Å². The van der Waals surface area contributed by atoms with Gasteiger partial charge in [0.15, 0.2) is 0 Å². The lowest BCUT2D eigenvalue weighted by atomic mass is 10.0. The molecule has 0 amide bonds. The molecule has 0 spiro atoms. The fourth-order valence-corrected chi connectivity index (χ4v) is 2.51. The molecule has 0 aromatic heterocycles. The van der Waals surface area contributed by atoms with Crippen LogP contribution in [0.3, 0.4) is 0 Å². The van der Waals surface area contributed by atoms with Crippen molar-refractivity contribution < 1.29 is 10.2 Å². The highest BCUT2D eigenvalue weighted by Crippen LogP contribution is 2.28. The highest BCUT2D eigenvalue weighted by molar-refractivity contribution is 5.23. The van der Waals surface area contributed by atoms with Gasteiger partial charge in [-0.05, 0) is 18.2 Å². The second kappa shape index (κ2) is 7.20. The Kier molecular flexibility index (Phi) is 5.30. The molecule has 0 saturated carbocycles. The summed E-state index contributed by atoms with van der Waals surface area (Å²) in [5.41, 5.74) is 2.10. The largest absolute Gasteiger partial charge is 0.394 e. The van der Waals surface area contributed by atoms with Crippen molar-refractivity contribution in [3.05, 3.63) is 71.8 Å². The van der Waals surface area contributed by atoms with Gasteiger partial charge in [-0.3, -0.25) is 4.90 Å². The van der Waals surface area contributed by atoms with Gasteiger partial charge in [-0.1, -0.05) is 60.7 Å². The summed E-state index contributed by atoms with van der Waals surface area (Å²) in [5, 5.41) is 19.4. The summed E-state index contributed by atoms with van der Waals surface area (Å²) in [5.74, 6) is 0. The standard InChI is InChI=1S/C17H21NO2/c1-18(16(12-19)14-8-4-2-5-9-14)17(13-20)15-10-6-3-7-11-15/h2-11,16-17,19-20H,12-13H2,1H3/t16-,17+. The molecule has 0 heterocycles. The van der Waals surface area contributed by atoms with Crippen LogP contribution in [-0.4, -0.2) is 35.4 Å². The van der Waals surface area contributed by atoms with Gasteiger partial charge < -0.3 is 10.2 Å². The number of aliphatic hydroxyl groups excluding tert-OH is 2. The van der Waals surface area contributed by atoms with Crippen LogP contribution in [0.5, 0.6) is 0 Å². The van der Waals surface area contributed by atoms with Gasteiger partial charge >= 0.3 is 0 Å². The van der Waals surface area contributed by atoms with Gasteiger partial charge in [-0.15, -0.1) is 0 Å². The first-order chi connectivity index (χ1) is 9.77. The van der Waals surface area contributed by atoms with Crippen molar-refractivity contribution in [1.82, 2.24) is 4.90 Å². The third-order valence-electron chi connectivity index (χ3n) is 3.70. The summed E-state index contributed by atoms with van der Waals surface area (Å²) < 4.78 is 0. The van der Waals surface area contributed by atoms with Crippen molar-refractivity contribution in [2.24, 2.45) is 0 Å². The van der Waals surface area contributed by atoms with Gasteiger partial charge in [0.2, 0.25) is 0 Å². The molecule has 2 N–H and O–H groups in total. The minimum Gasteiger partial charge on any atom is -0.394 e. The lowest BCUT2D eigenvalue weighted by Gasteiger charge is -2.33. The molecular formula is C17H21NO2. The van der Waals surface area contributed by atoms with Crippen LogP contribution in [0.1, 0.15) is 23.2 Å². The van der Waals surface area contributed by atoms with E-state index in [0.717, 1.165) is 11.1 Å². The maximum absolute atomic E-state index is 9.72. The van der Waals surface area contributed by atoms with Crippen molar-refractivity contribution in [2.75, 3.05) is 20.3 Å². The number of hydrogen-bond acceptors (Lipinski definition) is 3. The zero-order valence-corrected chi connectivity index (χ0v) is 11.7. The Morgan fingerprint density at radius 2 is 1.10 bits per heavy atom. The molecule has 0 bridgehead atoms. The molecule has 106 valence electrons. The first kappa shape index (κ1) is 14.7. The third-order valence-corrected chi connectivity index (χ3v) is 3.70. The van der Waals surface area contributed by atoms with Crippen LogP contribution in [0.15, 0.2) is 60.7 Å². The number of aliphatic hydroxyl groups is 2. The van der Waals surface area contributed by atoms with Gasteiger partial charge in [0.05, 0.1) is 25.3 Å². The molecule has 2 rings (SSSR count). The van der Waals surface area contributed by atoms with E-state index < -0.39 is 0 Å². The van der Waals surface area contributed by atoms with Gasteiger partial charge in [0, 0.05) is 0 Å². The molecule has 0 aliphatic carbocycles. The molecule has 3 heteroatoms. The summed E-state index contributed by atoms with van der Waals surface area (Å²) in [7, 11) is 1.93. The monoisotopic (exact) mass is 271 g/mol. The van der Waals surface area contributed by atoms with Crippen LogP contribution in [0.4, 0.5) is 0 Å². The Morgan fingerprint density at radius 1 is 0.750 bits per heavy atom. The third kappa shape index (κ3) is 3.25. The zero-order valence-electron chi connectivity index (χ0n) is 11.7. The number of nitrogens with zero attached hydrogens (tertiary/aromatic N) is 1. The van der Waals surface area contributed by atoms with Crippen molar-refractivity contribution >= 4 is 0 Å². The van der Waals surface area contributed by atoms with E-state index in [1.807, 2.05) is 72.6 Å².